The molecule has 0 amide bonds. The number of hydrogen-bond acceptors (Lipinski definition) is 3. The van der Waals surface area contributed by atoms with Crippen LogP contribution in [0.1, 0.15) is 60.5 Å². The highest BCUT2D eigenvalue weighted by molar-refractivity contribution is 7.89. The van der Waals surface area contributed by atoms with Crippen LogP contribution in [-0.2, 0) is 23.5 Å². The van der Waals surface area contributed by atoms with Crippen LogP contribution in [0.4, 0.5) is 0 Å². The Bertz CT molecular complexity index is 879. The lowest BCUT2D eigenvalue weighted by Crippen LogP contribution is -2.29. The Kier molecular flexibility index (Phi) is 6.06. The van der Waals surface area contributed by atoms with E-state index in [0.29, 0.717) is 23.8 Å². The molecule has 0 unspecified atom stereocenters. The van der Waals surface area contributed by atoms with Crippen molar-refractivity contribution in [1.82, 2.24) is 14.1 Å². The highest BCUT2D eigenvalue weighted by Gasteiger charge is 2.22. The average Bonchev–Trinajstić information content (AvgIpc) is 2.92. The first-order valence-corrected chi connectivity index (χ1v) is 11.3. The van der Waals surface area contributed by atoms with Crippen LogP contribution in [0.5, 0.6) is 0 Å². The van der Waals surface area contributed by atoms with Gasteiger partial charge in [-0.3, -0.25) is 4.68 Å². The van der Waals surface area contributed by atoms with E-state index in [1.54, 1.807) is 19.2 Å². The number of likely N-dealkylation sites (N-methyl/N-ethyl adjacent to an activating group) is 1. The summed E-state index contributed by atoms with van der Waals surface area (Å²) in [5.74, 6) is 0.588. The number of rotatable bonds is 6. The maximum absolute atomic E-state index is 12.9. The van der Waals surface area contributed by atoms with Gasteiger partial charge >= 0.3 is 0 Å². The third-order valence-corrected chi connectivity index (χ3v) is 7.87. The Labute approximate surface area is 163 Å². The molecular formula is C21H31N3O2S. The van der Waals surface area contributed by atoms with Crippen LogP contribution in [0.15, 0.2) is 29.2 Å². The summed E-state index contributed by atoms with van der Waals surface area (Å²) in [6.45, 7) is 4.44. The zero-order chi connectivity index (χ0) is 19.6. The van der Waals surface area contributed by atoms with Gasteiger partial charge in [-0.15, -0.1) is 0 Å². The second kappa shape index (κ2) is 8.15. The fraction of sp³-hybridized carbons (Fsp3) is 0.571. The molecular weight excluding hydrogens is 358 g/mol. The van der Waals surface area contributed by atoms with Crippen LogP contribution in [-0.4, -0.2) is 36.1 Å². The van der Waals surface area contributed by atoms with Gasteiger partial charge in [-0.1, -0.05) is 31.4 Å². The predicted octanol–water partition coefficient (Wildman–Crippen LogP) is 3.95. The lowest BCUT2D eigenvalue weighted by molar-refractivity contribution is 0.443. The van der Waals surface area contributed by atoms with Crippen molar-refractivity contribution >= 4 is 10.0 Å². The number of nitrogens with zero attached hydrogens (tertiary/aromatic N) is 3. The summed E-state index contributed by atoms with van der Waals surface area (Å²) in [6, 6.07) is 7.56. The maximum atomic E-state index is 12.9. The molecule has 1 fully saturated rings. The van der Waals surface area contributed by atoms with Gasteiger partial charge in [0.15, 0.2) is 0 Å². The fourth-order valence-electron chi connectivity index (χ4n) is 4.10. The molecule has 1 heterocycles. The Morgan fingerprint density at radius 3 is 2.30 bits per heavy atom. The molecule has 2 aromatic rings. The lowest BCUT2D eigenvalue weighted by atomic mass is 9.84. The van der Waals surface area contributed by atoms with Gasteiger partial charge in [0.25, 0.3) is 0 Å². The van der Waals surface area contributed by atoms with Crippen molar-refractivity contribution in [2.75, 3.05) is 13.6 Å². The molecule has 0 N–H and O–H groups in total. The zero-order valence-corrected chi connectivity index (χ0v) is 17.7. The highest BCUT2D eigenvalue weighted by atomic mass is 32.2. The molecule has 1 aromatic heterocycles. The number of benzene rings is 1. The van der Waals surface area contributed by atoms with Gasteiger partial charge in [0.1, 0.15) is 0 Å². The molecule has 1 saturated carbocycles. The average molecular weight is 390 g/mol. The molecule has 0 spiro atoms. The van der Waals surface area contributed by atoms with Crippen molar-refractivity contribution in [1.29, 1.82) is 0 Å². The molecule has 1 aliphatic rings. The molecule has 27 heavy (non-hydrogen) atoms. The van der Waals surface area contributed by atoms with Crippen LogP contribution in [0.3, 0.4) is 0 Å². The first kappa shape index (κ1) is 20.1. The first-order valence-electron chi connectivity index (χ1n) is 9.86. The minimum atomic E-state index is -3.47. The lowest BCUT2D eigenvalue weighted by Gasteiger charge is -2.22. The second-order valence-corrected chi connectivity index (χ2v) is 9.80. The predicted molar refractivity (Wildman–Crippen MR) is 108 cm³/mol. The first-order chi connectivity index (χ1) is 12.8. The minimum absolute atomic E-state index is 0.379. The number of aromatic nitrogens is 2. The van der Waals surface area contributed by atoms with Crippen molar-refractivity contribution in [3.63, 3.8) is 0 Å². The van der Waals surface area contributed by atoms with Gasteiger partial charge in [-0.05, 0) is 62.3 Å². The monoisotopic (exact) mass is 389 g/mol. The van der Waals surface area contributed by atoms with Crippen LogP contribution in [0.25, 0.3) is 0 Å². The van der Waals surface area contributed by atoms with E-state index in [-0.39, 0.29) is 0 Å². The van der Waals surface area contributed by atoms with Crippen LogP contribution in [0, 0.1) is 13.8 Å². The summed E-state index contributed by atoms with van der Waals surface area (Å²) in [7, 11) is 0.106. The molecule has 3 rings (SSSR count). The number of aryl methyl sites for hydroxylation is 2. The van der Waals surface area contributed by atoms with Gasteiger partial charge in [0.05, 0.1) is 10.6 Å². The van der Waals surface area contributed by atoms with Crippen molar-refractivity contribution in [3.05, 3.63) is 46.8 Å². The summed E-state index contributed by atoms with van der Waals surface area (Å²) < 4.78 is 29.1. The number of hydrogen-bond donors (Lipinski definition) is 0. The minimum Gasteiger partial charge on any atom is -0.272 e. The largest absolute Gasteiger partial charge is 0.272 e. The topological polar surface area (TPSA) is 55.2 Å². The van der Waals surface area contributed by atoms with Crippen molar-refractivity contribution in [2.24, 2.45) is 7.05 Å². The molecule has 1 aliphatic carbocycles. The van der Waals surface area contributed by atoms with Crippen LogP contribution >= 0.6 is 0 Å². The van der Waals surface area contributed by atoms with Crippen LogP contribution in [0.2, 0.25) is 0 Å². The molecule has 1 aromatic carbocycles. The quantitative estimate of drug-likeness (QED) is 0.752. The van der Waals surface area contributed by atoms with Crippen LogP contribution < -0.4 is 0 Å². The summed E-state index contributed by atoms with van der Waals surface area (Å²) in [4.78, 5) is 0.379. The van der Waals surface area contributed by atoms with Gasteiger partial charge in [-0.25, -0.2) is 12.7 Å². The standard InChI is InChI=1S/C21H31N3O2S/c1-16-21(17(2)24(4)22-16)14-15-23(3)27(25,26)20-12-10-19(11-13-20)18-8-6-5-7-9-18/h10-13,18H,5-9,14-15H2,1-4H3. The van der Waals surface area contributed by atoms with Crippen molar-refractivity contribution in [3.8, 4) is 0 Å². The second-order valence-electron chi connectivity index (χ2n) is 7.75. The van der Waals surface area contributed by atoms with E-state index in [9.17, 15) is 8.42 Å². The SMILES string of the molecule is Cc1nn(C)c(C)c1CCN(C)S(=O)(=O)c1ccc(C2CCCCC2)cc1. The van der Waals surface area contributed by atoms with E-state index in [1.165, 1.54) is 42.0 Å². The van der Waals surface area contributed by atoms with E-state index in [4.69, 9.17) is 0 Å². The molecule has 0 aliphatic heterocycles. The molecule has 0 bridgehead atoms. The van der Waals surface area contributed by atoms with E-state index in [0.717, 1.165) is 17.0 Å². The van der Waals surface area contributed by atoms with E-state index in [1.807, 2.05) is 37.7 Å². The molecule has 0 atom stereocenters. The van der Waals surface area contributed by atoms with Gasteiger partial charge in [0, 0.05) is 26.3 Å². The fourth-order valence-corrected chi connectivity index (χ4v) is 5.27. The Morgan fingerprint density at radius 2 is 1.74 bits per heavy atom. The maximum Gasteiger partial charge on any atom is 0.242 e. The van der Waals surface area contributed by atoms with Crippen molar-refractivity contribution < 1.29 is 8.42 Å². The Hall–Kier alpha value is -1.66. The molecule has 5 nitrogen and oxygen atoms in total. The van der Waals surface area contributed by atoms with E-state index < -0.39 is 10.0 Å². The molecule has 0 saturated heterocycles. The summed E-state index contributed by atoms with van der Waals surface area (Å²) >= 11 is 0. The Balaban J connectivity index is 1.69. The summed E-state index contributed by atoms with van der Waals surface area (Å²) in [6.07, 6.45) is 6.98. The summed E-state index contributed by atoms with van der Waals surface area (Å²) in [5.41, 5.74) is 4.47. The zero-order valence-electron chi connectivity index (χ0n) is 16.9. The summed E-state index contributed by atoms with van der Waals surface area (Å²) in [5, 5.41) is 4.41. The van der Waals surface area contributed by atoms with Gasteiger partial charge in [-0.2, -0.15) is 5.10 Å². The third-order valence-electron chi connectivity index (χ3n) is 6.00. The van der Waals surface area contributed by atoms with Gasteiger partial charge in [0.2, 0.25) is 10.0 Å². The van der Waals surface area contributed by atoms with E-state index >= 15 is 0 Å². The third kappa shape index (κ3) is 4.27. The normalized spacial score (nSPS) is 16.2. The number of sulfonamides is 1. The Morgan fingerprint density at radius 1 is 1.11 bits per heavy atom. The van der Waals surface area contributed by atoms with Gasteiger partial charge < -0.3 is 0 Å². The van der Waals surface area contributed by atoms with E-state index in [2.05, 4.69) is 5.10 Å². The smallest absolute Gasteiger partial charge is 0.242 e. The molecule has 148 valence electrons. The molecule has 0 radical (unpaired) electrons. The van der Waals surface area contributed by atoms with Crippen molar-refractivity contribution in [2.45, 2.75) is 63.2 Å². The molecule has 6 heteroatoms. The highest BCUT2D eigenvalue weighted by Crippen LogP contribution is 2.33.